The quantitative estimate of drug-likeness (QED) is 0.733. The average Bonchev–Trinajstić information content (AvgIpc) is 1.87. The van der Waals surface area contributed by atoms with Crippen LogP contribution in [-0.2, 0) is 25.8 Å². The Hall–Kier alpha value is 1.49. The minimum absolute atomic E-state index is 1.61. The molecule has 0 aromatic carbocycles. The van der Waals surface area contributed by atoms with Crippen molar-refractivity contribution >= 4 is 18.0 Å². The van der Waals surface area contributed by atoms with Crippen LogP contribution in [0.1, 0.15) is 0 Å². The van der Waals surface area contributed by atoms with Crippen LogP contribution in [0.15, 0.2) is 0 Å². The molecule has 0 aromatic heterocycles. The SMILES string of the molecule is C[O][Zr]([I])([O]C)[O]C. The number of hydrogen-bond donors (Lipinski definition) is 0. The predicted octanol–water partition coefficient (Wildman–Crippen LogP) is 1.17. The van der Waals surface area contributed by atoms with Crippen LogP contribution < -0.4 is 0 Å². The van der Waals surface area contributed by atoms with E-state index in [0.717, 1.165) is 0 Å². The normalized spacial score (nSPS) is 12.0. The third-order valence-corrected chi connectivity index (χ3v) is 12.1. The van der Waals surface area contributed by atoms with Crippen molar-refractivity contribution in [2.75, 3.05) is 21.3 Å². The van der Waals surface area contributed by atoms with Crippen molar-refractivity contribution < 1.29 is 25.8 Å². The van der Waals surface area contributed by atoms with Gasteiger partial charge in [-0.2, -0.15) is 0 Å². The molecule has 0 saturated heterocycles. The summed E-state index contributed by atoms with van der Waals surface area (Å²) in [6, 6.07) is 0. The summed E-state index contributed by atoms with van der Waals surface area (Å²) in [6.07, 6.45) is 0. The fourth-order valence-electron chi connectivity index (χ4n) is 0.250. The van der Waals surface area contributed by atoms with Crippen LogP contribution in [0.4, 0.5) is 0 Å². The summed E-state index contributed by atoms with van der Waals surface area (Å²) in [5.74, 6) is 0. The zero-order valence-corrected chi connectivity index (χ0v) is 9.72. The van der Waals surface area contributed by atoms with E-state index >= 15 is 0 Å². The first-order valence-electron chi connectivity index (χ1n) is 2.03. The molecular formula is C3H9IO3Zr. The van der Waals surface area contributed by atoms with Crippen LogP contribution in [0.2, 0.25) is 0 Å². The first kappa shape index (κ1) is 9.49. The molecule has 0 bridgehead atoms. The topological polar surface area (TPSA) is 27.7 Å². The third kappa shape index (κ3) is 2.87. The first-order chi connectivity index (χ1) is 3.68. The average molecular weight is 311 g/mol. The standard InChI is InChI=1S/3CH3O.HI.Zr/c3*1-2;;/h3*1H3;1H;/q3*-1;;+4/p-1. The van der Waals surface area contributed by atoms with Gasteiger partial charge in [0.05, 0.1) is 0 Å². The molecule has 0 aliphatic heterocycles. The number of hydrogen-bond acceptors (Lipinski definition) is 3. The van der Waals surface area contributed by atoms with E-state index in [1.54, 1.807) is 21.3 Å². The van der Waals surface area contributed by atoms with Gasteiger partial charge < -0.3 is 0 Å². The Morgan fingerprint density at radius 1 is 1.00 bits per heavy atom. The van der Waals surface area contributed by atoms with Gasteiger partial charge in [-0.25, -0.2) is 0 Å². The van der Waals surface area contributed by atoms with Crippen molar-refractivity contribution in [3.05, 3.63) is 0 Å². The van der Waals surface area contributed by atoms with E-state index in [-0.39, 0.29) is 0 Å². The molecular weight excluding hydrogens is 302 g/mol. The van der Waals surface area contributed by atoms with Crippen molar-refractivity contribution in [2.45, 2.75) is 0 Å². The summed E-state index contributed by atoms with van der Waals surface area (Å²) in [6.45, 7) is 0. The molecule has 0 fully saturated rings. The fraction of sp³-hybridized carbons (Fsp3) is 1.00. The van der Waals surface area contributed by atoms with Crippen LogP contribution >= 0.6 is 18.0 Å². The molecule has 0 amide bonds. The van der Waals surface area contributed by atoms with Crippen molar-refractivity contribution in [1.29, 1.82) is 0 Å². The molecule has 0 aromatic rings. The monoisotopic (exact) mass is 310 g/mol. The van der Waals surface area contributed by atoms with Gasteiger partial charge in [0.2, 0.25) is 0 Å². The molecule has 8 heavy (non-hydrogen) atoms. The Balaban J connectivity index is 3.58. The fourth-order valence-corrected chi connectivity index (χ4v) is 1.48. The molecule has 5 heteroatoms. The van der Waals surface area contributed by atoms with Gasteiger partial charge in [-0.1, -0.05) is 0 Å². The molecule has 0 spiro atoms. The summed E-state index contributed by atoms with van der Waals surface area (Å²) in [7, 11) is 4.82. The second kappa shape index (κ2) is 4.33. The summed E-state index contributed by atoms with van der Waals surface area (Å²) in [5.41, 5.74) is 0. The van der Waals surface area contributed by atoms with E-state index in [0.29, 0.717) is 0 Å². The van der Waals surface area contributed by atoms with Crippen molar-refractivity contribution in [3.8, 4) is 0 Å². The second-order valence-electron chi connectivity index (χ2n) is 1.09. The summed E-state index contributed by atoms with van der Waals surface area (Å²) in [4.78, 5) is 0. The van der Waals surface area contributed by atoms with Crippen LogP contribution in [0.3, 0.4) is 0 Å². The van der Waals surface area contributed by atoms with E-state index < -0.39 is 17.4 Å². The van der Waals surface area contributed by atoms with Crippen molar-refractivity contribution in [1.82, 2.24) is 0 Å². The van der Waals surface area contributed by atoms with E-state index in [2.05, 4.69) is 18.0 Å². The van der Waals surface area contributed by atoms with Gasteiger partial charge in [-0.05, 0) is 0 Å². The van der Waals surface area contributed by atoms with E-state index in [9.17, 15) is 0 Å². The number of rotatable bonds is 3. The van der Waals surface area contributed by atoms with Gasteiger partial charge in [-0.3, -0.25) is 0 Å². The van der Waals surface area contributed by atoms with Crippen molar-refractivity contribution in [2.24, 2.45) is 0 Å². The molecule has 0 aliphatic carbocycles. The van der Waals surface area contributed by atoms with Gasteiger partial charge in [0, 0.05) is 0 Å². The maximum atomic E-state index is 4.99. The zero-order chi connectivity index (χ0) is 6.62. The van der Waals surface area contributed by atoms with Gasteiger partial charge in [-0.15, -0.1) is 0 Å². The summed E-state index contributed by atoms with van der Waals surface area (Å²) < 4.78 is 15.0. The van der Waals surface area contributed by atoms with E-state index in [4.69, 9.17) is 8.44 Å². The molecule has 0 atom stereocenters. The predicted molar refractivity (Wildman–Crippen MR) is 35.0 cm³/mol. The van der Waals surface area contributed by atoms with Gasteiger partial charge in [0.15, 0.2) is 0 Å². The van der Waals surface area contributed by atoms with Gasteiger partial charge in [0.25, 0.3) is 0 Å². The molecule has 0 saturated carbocycles. The molecule has 0 unspecified atom stereocenters. The summed E-state index contributed by atoms with van der Waals surface area (Å²) in [5, 5.41) is 0. The van der Waals surface area contributed by atoms with Gasteiger partial charge >= 0.3 is 65.2 Å². The second-order valence-corrected chi connectivity index (χ2v) is 14.3. The molecule has 50 valence electrons. The Morgan fingerprint density at radius 2 is 1.25 bits per heavy atom. The molecule has 0 N–H and O–H groups in total. The molecule has 3 nitrogen and oxygen atoms in total. The maximum absolute atomic E-state index is 4.99. The van der Waals surface area contributed by atoms with Crippen molar-refractivity contribution in [3.63, 3.8) is 0 Å². The Morgan fingerprint density at radius 3 is 1.25 bits per heavy atom. The van der Waals surface area contributed by atoms with Gasteiger partial charge in [0.1, 0.15) is 0 Å². The Labute approximate surface area is 64.6 Å². The summed E-state index contributed by atoms with van der Waals surface area (Å²) >= 11 is -0.755. The Kier molecular flexibility index (Phi) is 5.14. The van der Waals surface area contributed by atoms with Crippen LogP contribution in [-0.4, -0.2) is 21.3 Å². The number of halogens is 1. The minimum atomic E-state index is -2.86. The molecule has 0 heterocycles. The Bertz CT molecular complexity index is 57.3. The zero-order valence-electron chi connectivity index (χ0n) is 5.10. The van der Waals surface area contributed by atoms with E-state index in [1.807, 2.05) is 0 Å². The molecule has 0 radical (unpaired) electrons. The van der Waals surface area contributed by atoms with Crippen LogP contribution in [0.5, 0.6) is 0 Å². The molecule has 0 aliphatic rings. The third-order valence-electron chi connectivity index (χ3n) is 0.731. The van der Waals surface area contributed by atoms with E-state index in [1.165, 1.54) is 0 Å². The van der Waals surface area contributed by atoms with Crippen LogP contribution in [0, 0.1) is 0 Å². The molecule has 0 rings (SSSR count). The van der Waals surface area contributed by atoms with Crippen LogP contribution in [0.25, 0.3) is 0 Å². The first-order valence-corrected chi connectivity index (χ1v) is 12.3.